The van der Waals surface area contributed by atoms with Crippen LogP contribution in [0.25, 0.3) is 0 Å². The molecule has 5 rings (SSSR count). The molecule has 1 aromatic heterocycles. The van der Waals surface area contributed by atoms with Gasteiger partial charge in [0.25, 0.3) is 5.91 Å². The van der Waals surface area contributed by atoms with Crippen LogP contribution < -0.4 is 5.32 Å². The number of benzene rings is 2. The summed E-state index contributed by atoms with van der Waals surface area (Å²) in [6.45, 7) is 3.70. The van der Waals surface area contributed by atoms with E-state index < -0.39 is 18.2 Å². The molecule has 2 saturated heterocycles. The Labute approximate surface area is 208 Å². The highest BCUT2D eigenvalue weighted by Crippen LogP contribution is 2.36. The lowest BCUT2D eigenvalue weighted by molar-refractivity contribution is -0.135. The summed E-state index contributed by atoms with van der Waals surface area (Å²) < 4.78 is 5.79. The lowest BCUT2D eigenvalue weighted by atomic mass is 9.99. The molecule has 8 heteroatoms. The number of rotatable bonds is 6. The molecule has 0 bridgehead atoms. The zero-order chi connectivity index (χ0) is 24.4. The second kappa shape index (κ2) is 9.92. The first-order chi connectivity index (χ1) is 17.0. The van der Waals surface area contributed by atoms with Gasteiger partial charge in [-0.25, -0.2) is 4.79 Å². The Morgan fingerprint density at radius 2 is 1.83 bits per heavy atom. The van der Waals surface area contributed by atoms with Gasteiger partial charge in [-0.05, 0) is 54.5 Å². The average molecular weight is 490 g/mol. The molecule has 1 N–H and O–H groups in total. The lowest BCUT2D eigenvalue weighted by Crippen LogP contribution is -2.47. The normalized spacial score (nSPS) is 19.6. The van der Waals surface area contributed by atoms with Gasteiger partial charge < -0.3 is 15.0 Å². The Morgan fingerprint density at radius 1 is 1.06 bits per heavy atom. The van der Waals surface area contributed by atoms with E-state index in [4.69, 9.17) is 4.74 Å². The summed E-state index contributed by atoms with van der Waals surface area (Å²) in [4.78, 5) is 43.0. The van der Waals surface area contributed by atoms with Gasteiger partial charge in [0.2, 0.25) is 5.91 Å². The molecule has 0 unspecified atom stereocenters. The number of aryl methyl sites for hydroxylation is 1. The number of carbonyl (C=O) groups is 3. The molecular formula is C27H27N3O4S. The van der Waals surface area contributed by atoms with E-state index in [1.165, 1.54) is 11.3 Å². The Kier molecular flexibility index (Phi) is 6.55. The van der Waals surface area contributed by atoms with E-state index in [0.717, 1.165) is 29.5 Å². The van der Waals surface area contributed by atoms with Crippen molar-refractivity contribution in [3.05, 3.63) is 87.6 Å². The fourth-order valence-corrected chi connectivity index (χ4v) is 5.30. The van der Waals surface area contributed by atoms with Crippen LogP contribution in [0, 0.1) is 6.92 Å². The largest absolute Gasteiger partial charge is 0.438 e. The third-order valence-corrected chi connectivity index (χ3v) is 7.30. The van der Waals surface area contributed by atoms with Crippen LogP contribution in [0.15, 0.2) is 66.0 Å². The van der Waals surface area contributed by atoms with Crippen molar-refractivity contribution < 1.29 is 19.1 Å². The molecule has 3 heterocycles. The minimum absolute atomic E-state index is 0.0823. The van der Waals surface area contributed by atoms with E-state index in [1.54, 1.807) is 23.1 Å². The van der Waals surface area contributed by atoms with Gasteiger partial charge in [0.15, 0.2) is 12.1 Å². The first-order valence-electron chi connectivity index (χ1n) is 11.8. The number of cyclic esters (lactones) is 1. The van der Waals surface area contributed by atoms with Crippen molar-refractivity contribution in [1.82, 2.24) is 9.80 Å². The van der Waals surface area contributed by atoms with Gasteiger partial charge in [-0.3, -0.25) is 14.5 Å². The van der Waals surface area contributed by atoms with Gasteiger partial charge in [-0.15, -0.1) is 11.3 Å². The average Bonchev–Trinajstić information content (AvgIpc) is 3.62. The summed E-state index contributed by atoms with van der Waals surface area (Å²) in [6.07, 6.45) is 0.717. The monoisotopic (exact) mass is 489 g/mol. The first kappa shape index (κ1) is 23.1. The SMILES string of the molecule is Cc1cccc(CN2C(=O)O[C@@H](c3ccc(NC(=O)c4cccs4)cc3)[C@H]2C(=O)N2CCCC2)c1. The summed E-state index contributed by atoms with van der Waals surface area (Å²) in [5.41, 5.74) is 3.40. The summed E-state index contributed by atoms with van der Waals surface area (Å²) >= 11 is 1.37. The van der Waals surface area contributed by atoms with Gasteiger partial charge >= 0.3 is 6.09 Å². The molecule has 3 amide bonds. The molecule has 180 valence electrons. The molecule has 2 aliphatic heterocycles. The van der Waals surface area contributed by atoms with Crippen molar-refractivity contribution in [2.75, 3.05) is 18.4 Å². The number of ether oxygens (including phenoxy) is 1. The van der Waals surface area contributed by atoms with E-state index in [-0.39, 0.29) is 11.8 Å². The van der Waals surface area contributed by atoms with Gasteiger partial charge in [-0.1, -0.05) is 48.0 Å². The van der Waals surface area contributed by atoms with Crippen LogP contribution in [-0.2, 0) is 16.1 Å². The maximum atomic E-state index is 13.6. The molecule has 2 fully saturated rings. The van der Waals surface area contributed by atoms with E-state index in [2.05, 4.69) is 5.32 Å². The third-order valence-electron chi connectivity index (χ3n) is 6.43. The maximum Gasteiger partial charge on any atom is 0.411 e. The van der Waals surface area contributed by atoms with Crippen LogP contribution in [-0.4, -0.2) is 46.8 Å². The summed E-state index contributed by atoms with van der Waals surface area (Å²) in [6, 6.07) is 17.9. The Morgan fingerprint density at radius 3 is 2.51 bits per heavy atom. The van der Waals surface area contributed by atoms with E-state index in [9.17, 15) is 14.4 Å². The van der Waals surface area contributed by atoms with Gasteiger partial charge in [0, 0.05) is 18.8 Å². The second-order valence-electron chi connectivity index (χ2n) is 8.95. The van der Waals surface area contributed by atoms with E-state index in [0.29, 0.717) is 30.2 Å². The topological polar surface area (TPSA) is 79.0 Å². The van der Waals surface area contributed by atoms with E-state index >= 15 is 0 Å². The quantitative estimate of drug-likeness (QED) is 0.529. The lowest BCUT2D eigenvalue weighted by Gasteiger charge is -2.28. The second-order valence-corrected chi connectivity index (χ2v) is 9.90. The van der Waals surface area contributed by atoms with Crippen LogP contribution in [0.1, 0.15) is 45.3 Å². The molecule has 35 heavy (non-hydrogen) atoms. The smallest absolute Gasteiger partial charge is 0.411 e. The summed E-state index contributed by atoms with van der Waals surface area (Å²) in [5.74, 6) is -0.257. The van der Waals surface area contributed by atoms with Crippen molar-refractivity contribution in [2.24, 2.45) is 0 Å². The number of nitrogens with one attached hydrogen (secondary N) is 1. The molecule has 2 atom stereocenters. The molecule has 2 aromatic carbocycles. The summed E-state index contributed by atoms with van der Waals surface area (Å²) in [5, 5.41) is 4.73. The van der Waals surface area contributed by atoms with Gasteiger partial charge in [-0.2, -0.15) is 0 Å². The molecule has 2 aliphatic rings. The van der Waals surface area contributed by atoms with Crippen LogP contribution in [0.4, 0.5) is 10.5 Å². The number of hydrogen-bond donors (Lipinski definition) is 1. The third kappa shape index (κ3) is 4.93. The number of amides is 3. The molecular weight excluding hydrogens is 462 g/mol. The Bertz CT molecular complexity index is 1220. The minimum atomic E-state index is -0.743. The van der Waals surface area contributed by atoms with Crippen LogP contribution in [0.5, 0.6) is 0 Å². The van der Waals surface area contributed by atoms with E-state index in [1.807, 2.05) is 59.7 Å². The Hall–Kier alpha value is -3.65. The highest BCUT2D eigenvalue weighted by molar-refractivity contribution is 7.12. The summed E-state index contributed by atoms with van der Waals surface area (Å²) in [7, 11) is 0. The van der Waals surface area contributed by atoms with Gasteiger partial charge in [0.05, 0.1) is 11.4 Å². The predicted molar refractivity (Wildman–Crippen MR) is 134 cm³/mol. The predicted octanol–water partition coefficient (Wildman–Crippen LogP) is 4.99. The zero-order valence-electron chi connectivity index (χ0n) is 19.5. The van der Waals surface area contributed by atoms with Crippen LogP contribution >= 0.6 is 11.3 Å². The number of anilines is 1. The fraction of sp³-hybridized carbons (Fsp3) is 0.296. The van der Waals surface area contributed by atoms with Crippen LogP contribution in [0.3, 0.4) is 0 Å². The van der Waals surface area contributed by atoms with Crippen molar-refractivity contribution in [1.29, 1.82) is 0 Å². The number of nitrogens with zero attached hydrogens (tertiary/aromatic N) is 2. The Balaban J connectivity index is 1.39. The van der Waals surface area contributed by atoms with Gasteiger partial charge in [0.1, 0.15) is 0 Å². The number of thiophene rings is 1. The first-order valence-corrected chi connectivity index (χ1v) is 12.6. The molecule has 7 nitrogen and oxygen atoms in total. The molecule has 0 spiro atoms. The standard InChI is InChI=1S/C27H27N3O4S/c1-18-6-4-7-19(16-18)17-30-23(26(32)29-13-2-3-14-29)24(34-27(30)33)20-9-11-21(12-10-20)28-25(31)22-8-5-15-35-22/h4-12,15-16,23-24H,2-3,13-14,17H2,1H3,(H,28,31)/t23-,24-/m0/s1. The fourth-order valence-electron chi connectivity index (χ4n) is 4.68. The number of likely N-dealkylation sites (tertiary alicyclic amines) is 1. The molecule has 0 saturated carbocycles. The molecule has 0 aliphatic carbocycles. The molecule has 0 radical (unpaired) electrons. The zero-order valence-corrected chi connectivity index (χ0v) is 20.3. The number of hydrogen-bond acceptors (Lipinski definition) is 5. The highest BCUT2D eigenvalue weighted by Gasteiger charge is 2.48. The van der Waals surface area contributed by atoms with Crippen molar-refractivity contribution in [3.63, 3.8) is 0 Å². The minimum Gasteiger partial charge on any atom is -0.438 e. The number of carbonyl (C=O) groups excluding carboxylic acids is 3. The van der Waals surface area contributed by atoms with Crippen molar-refractivity contribution in [2.45, 2.75) is 38.5 Å². The van der Waals surface area contributed by atoms with Crippen molar-refractivity contribution in [3.8, 4) is 0 Å². The van der Waals surface area contributed by atoms with Crippen LogP contribution in [0.2, 0.25) is 0 Å². The molecule has 3 aromatic rings. The maximum absolute atomic E-state index is 13.6. The van der Waals surface area contributed by atoms with Crippen molar-refractivity contribution >= 4 is 34.9 Å². The highest BCUT2D eigenvalue weighted by atomic mass is 32.1.